The van der Waals surface area contributed by atoms with Gasteiger partial charge in [0.25, 0.3) is 5.91 Å². The molecule has 7 heteroatoms. The number of aromatic nitrogens is 3. The molecule has 3 aromatic rings. The molecule has 0 atom stereocenters. The van der Waals surface area contributed by atoms with Crippen molar-refractivity contribution in [2.75, 3.05) is 0 Å². The zero-order valence-electron chi connectivity index (χ0n) is 12.8. The van der Waals surface area contributed by atoms with Crippen molar-refractivity contribution < 1.29 is 4.79 Å². The van der Waals surface area contributed by atoms with Crippen molar-refractivity contribution >= 4 is 23.2 Å². The number of nitrogens with one attached hydrogen (secondary N) is 2. The lowest BCUT2D eigenvalue weighted by molar-refractivity contribution is 0.0950. The number of nitrogens with zero attached hydrogens (tertiary/aromatic N) is 3. The summed E-state index contributed by atoms with van der Waals surface area (Å²) in [5.41, 5.74) is 5.93. The quantitative estimate of drug-likeness (QED) is 0.565. The van der Waals surface area contributed by atoms with Gasteiger partial charge in [-0.2, -0.15) is 10.2 Å². The molecule has 2 N–H and O–H groups in total. The zero-order chi connectivity index (χ0) is 16.9. The third-order valence-corrected chi connectivity index (χ3v) is 3.64. The van der Waals surface area contributed by atoms with E-state index in [1.165, 1.54) is 0 Å². The monoisotopic (exact) mass is 339 g/mol. The van der Waals surface area contributed by atoms with Crippen LogP contribution in [0.5, 0.6) is 0 Å². The number of rotatable bonds is 4. The Morgan fingerprint density at radius 2 is 1.88 bits per heavy atom. The van der Waals surface area contributed by atoms with Gasteiger partial charge in [0, 0.05) is 28.5 Å². The van der Waals surface area contributed by atoms with E-state index in [9.17, 15) is 4.79 Å². The molecule has 2 aromatic heterocycles. The van der Waals surface area contributed by atoms with Crippen molar-refractivity contribution in [2.45, 2.75) is 6.92 Å². The summed E-state index contributed by atoms with van der Waals surface area (Å²) in [6, 6.07) is 12.5. The molecule has 0 bridgehead atoms. The van der Waals surface area contributed by atoms with Crippen LogP contribution < -0.4 is 5.43 Å². The lowest BCUT2D eigenvalue weighted by Gasteiger charge is -2.01. The van der Waals surface area contributed by atoms with E-state index in [-0.39, 0.29) is 5.91 Å². The molecule has 3 rings (SSSR count). The number of aromatic amines is 1. The average Bonchev–Trinajstić information content (AvgIpc) is 3.11. The number of carbonyl (C=O) groups is 1. The first kappa shape index (κ1) is 15.9. The molecular weight excluding hydrogens is 326 g/mol. The first-order chi connectivity index (χ1) is 11.6. The molecular formula is C17H14ClN5O. The number of carbonyl (C=O) groups excluding carboxylic acids is 1. The van der Waals surface area contributed by atoms with Gasteiger partial charge < -0.3 is 0 Å². The van der Waals surface area contributed by atoms with Gasteiger partial charge in [-0.05, 0) is 37.3 Å². The van der Waals surface area contributed by atoms with Crippen molar-refractivity contribution in [1.29, 1.82) is 0 Å². The number of hydrogen-bond acceptors (Lipinski definition) is 4. The van der Waals surface area contributed by atoms with Gasteiger partial charge in [-0.3, -0.25) is 14.9 Å². The second-order valence-electron chi connectivity index (χ2n) is 5.05. The number of halogens is 1. The van der Waals surface area contributed by atoms with Crippen LogP contribution in [0.2, 0.25) is 5.02 Å². The molecule has 0 aliphatic carbocycles. The molecule has 1 aromatic carbocycles. The normalized spacial score (nSPS) is 11.3. The highest BCUT2D eigenvalue weighted by atomic mass is 35.5. The van der Waals surface area contributed by atoms with Crippen LogP contribution in [-0.4, -0.2) is 26.8 Å². The summed E-state index contributed by atoms with van der Waals surface area (Å²) in [4.78, 5) is 16.1. The van der Waals surface area contributed by atoms with Crippen LogP contribution in [-0.2, 0) is 0 Å². The summed E-state index contributed by atoms with van der Waals surface area (Å²) in [6.45, 7) is 1.81. The van der Waals surface area contributed by atoms with Gasteiger partial charge in [0.2, 0.25) is 0 Å². The maximum atomic E-state index is 12.2. The predicted molar refractivity (Wildman–Crippen MR) is 92.9 cm³/mol. The first-order valence-electron chi connectivity index (χ1n) is 7.20. The molecule has 0 saturated heterocycles. The van der Waals surface area contributed by atoms with Gasteiger partial charge in [0.15, 0.2) is 0 Å². The highest BCUT2D eigenvalue weighted by Crippen LogP contribution is 2.20. The van der Waals surface area contributed by atoms with Crippen LogP contribution in [0.25, 0.3) is 11.3 Å². The van der Waals surface area contributed by atoms with Gasteiger partial charge in [-0.25, -0.2) is 5.43 Å². The maximum Gasteiger partial charge on any atom is 0.289 e. The van der Waals surface area contributed by atoms with Crippen LogP contribution in [0.1, 0.15) is 23.0 Å². The summed E-state index contributed by atoms with van der Waals surface area (Å²) in [5, 5.41) is 11.6. The molecule has 0 spiro atoms. The Hall–Kier alpha value is -2.99. The van der Waals surface area contributed by atoms with Crippen LogP contribution >= 0.6 is 11.6 Å². The Kier molecular flexibility index (Phi) is 4.67. The number of benzene rings is 1. The Morgan fingerprint density at radius 1 is 1.17 bits per heavy atom. The molecule has 0 fully saturated rings. The highest BCUT2D eigenvalue weighted by Gasteiger charge is 2.10. The second kappa shape index (κ2) is 7.06. The van der Waals surface area contributed by atoms with Crippen molar-refractivity contribution in [2.24, 2.45) is 5.10 Å². The zero-order valence-corrected chi connectivity index (χ0v) is 13.6. The minimum atomic E-state index is -0.365. The molecule has 1 amide bonds. The Bertz CT molecular complexity index is 872. The molecule has 2 heterocycles. The van der Waals surface area contributed by atoms with Crippen LogP contribution in [0.15, 0.2) is 60.0 Å². The number of pyridine rings is 1. The average molecular weight is 340 g/mol. The molecule has 24 heavy (non-hydrogen) atoms. The molecule has 120 valence electrons. The third kappa shape index (κ3) is 3.67. The van der Waals surface area contributed by atoms with Crippen LogP contribution in [0, 0.1) is 0 Å². The van der Waals surface area contributed by atoms with E-state index in [0.717, 1.165) is 11.1 Å². The fourth-order valence-electron chi connectivity index (χ4n) is 2.06. The lowest BCUT2D eigenvalue weighted by atomic mass is 10.1. The van der Waals surface area contributed by atoms with Crippen LogP contribution in [0.4, 0.5) is 0 Å². The largest absolute Gasteiger partial charge is 0.289 e. The van der Waals surface area contributed by atoms with E-state index in [1.54, 1.807) is 30.6 Å². The van der Waals surface area contributed by atoms with E-state index >= 15 is 0 Å². The molecule has 0 saturated carbocycles. The highest BCUT2D eigenvalue weighted by molar-refractivity contribution is 6.30. The molecule has 6 nitrogen and oxygen atoms in total. The minimum absolute atomic E-state index is 0.325. The van der Waals surface area contributed by atoms with Gasteiger partial charge in [0.05, 0.1) is 11.4 Å². The molecule has 0 aliphatic heterocycles. The topological polar surface area (TPSA) is 83.0 Å². The first-order valence-corrected chi connectivity index (χ1v) is 7.57. The van der Waals surface area contributed by atoms with Crippen molar-refractivity contribution in [1.82, 2.24) is 20.6 Å². The summed E-state index contributed by atoms with van der Waals surface area (Å²) >= 11 is 5.87. The predicted octanol–water partition coefficient (Wildman–Crippen LogP) is 3.28. The van der Waals surface area contributed by atoms with E-state index in [2.05, 4.69) is 25.7 Å². The van der Waals surface area contributed by atoms with Gasteiger partial charge >= 0.3 is 0 Å². The SMILES string of the molecule is CC(=NNC(=O)c1cc(-c2ccc(Cl)cc2)n[nH]1)c1ccncc1. The summed E-state index contributed by atoms with van der Waals surface area (Å²) in [5.74, 6) is -0.365. The number of H-pyrrole nitrogens is 1. The third-order valence-electron chi connectivity index (χ3n) is 3.39. The number of hydrazone groups is 1. The lowest BCUT2D eigenvalue weighted by Crippen LogP contribution is -2.19. The van der Waals surface area contributed by atoms with E-state index in [1.807, 2.05) is 31.2 Å². The Morgan fingerprint density at radius 3 is 2.58 bits per heavy atom. The van der Waals surface area contributed by atoms with Gasteiger partial charge in [-0.1, -0.05) is 23.7 Å². The summed E-state index contributed by atoms with van der Waals surface area (Å²) in [7, 11) is 0. The van der Waals surface area contributed by atoms with Crippen molar-refractivity contribution in [3.8, 4) is 11.3 Å². The fraction of sp³-hybridized carbons (Fsp3) is 0.0588. The van der Waals surface area contributed by atoms with Gasteiger partial charge in [0.1, 0.15) is 5.69 Å². The van der Waals surface area contributed by atoms with E-state index in [4.69, 9.17) is 11.6 Å². The fourth-order valence-corrected chi connectivity index (χ4v) is 2.19. The Balaban J connectivity index is 1.71. The van der Waals surface area contributed by atoms with Crippen molar-refractivity contribution in [3.63, 3.8) is 0 Å². The molecule has 0 unspecified atom stereocenters. The maximum absolute atomic E-state index is 12.2. The summed E-state index contributed by atoms with van der Waals surface area (Å²) < 4.78 is 0. The van der Waals surface area contributed by atoms with E-state index in [0.29, 0.717) is 22.1 Å². The summed E-state index contributed by atoms with van der Waals surface area (Å²) in [6.07, 6.45) is 3.34. The van der Waals surface area contributed by atoms with Gasteiger partial charge in [-0.15, -0.1) is 0 Å². The smallest absolute Gasteiger partial charge is 0.272 e. The minimum Gasteiger partial charge on any atom is -0.272 e. The molecule has 0 aliphatic rings. The molecule has 0 radical (unpaired) electrons. The number of amides is 1. The standard InChI is InChI=1S/C17H14ClN5O/c1-11(12-6-8-19-9-7-12)20-23-17(24)16-10-15(21-22-16)13-2-4-14(18)5-3-13/h2-10H,1H3,(H,21,22)(H,23,24). The second-order valence-corrected chi connectivity index (χ2v) is 5.48. The number of hydrogen-bond donors (Lipinski definition) is 2. The van der Waals surface area contributed by atoms with Crippen molar-refractivity contribution in [3.05, 3.63) is 71.1 Å². The van der Waals surface area contributed by atoms with Crippen LogP contribution in [0.3, 0.4) is 0 Å². The Labute approximate surface area is 143 Å². The van der Waals surface area contributed by atoms with E-state index < -0.39 is 0 Å².